The van der Waals surface area contributed by atoms with Crippen LogP contribution >= 0.6 is 34.8 Å². The van der Waals surface area contributed by atoms with Crippen LogP contribution in [0.3, 0.4) is 0 Å². The van der Waals surface area contributed by atoms with Crippen molar-refractivity contribution in [3.05, 3.63) is 73.7 Å². The number of amides is 1. The zero-order valence-electron chi connectivity index (χ0n) is 17.2. The Labute approximate surface area is 199 Å². The number of aromatic nitrogens is 3. The minimum Gasteiger partial charge on any atom is -0.370 e. The lowest BCUT2D eigenvalue weighted by atomic mass is 9.96. The zero-order chi connectivity index (χ0) is 22.8. The average molecular weight is 493 g/mol. The Hall–Kier alpha value is -2.61. The molecule has 3 aromatic rings. The summed E-state index contributed by atoms with van der Waals surface area (Å²) in [7, 11) is 0. The van der Waals surface area contributed by atoms with Gasteiger partial charge in [0.2, 0.25) is 5.91 Å². The van der Waals surface area contributed by atoms with Crippen LogP contribution in [0.4, 0.5) is 11.5 Å². The molecule has 166 valence electrons. The number of nitrogens with zero attached hydrogens (tertiary/aromatic N) is 4. The third-order valence-electron chi connectivity index (χ3n) is 5.44. The number of halogens is 3. The lowest BCUT2D eigenvalue weighted by Crippen LogP contribution is -2.41. The third-order valence-corrected chi connectivity index (χ3v) is 6.49. The predicted octanol–water partition coefficient (Wildman–Crippen LogP) is 4.75. The smallest absolute Gasteiger partial charge is 0.291 e. The van der Waals surface area contributed by atoms with E-state index in [0.717, 1.165) is 35.3 Å². The molecule has 1 amide bonds. The first kappa shape index (κ1) is 22.6. The minimum atomic E-state index is -0.525. The number of hydrogen-bond acceptors (Lipinski definition) is 5. The molecule has 0 radical (unpaired) electrons. The van der Waals surface area contributed by atoms with Crippen molar-refractivity contribution < 1.29 is 4.79 Å². The molecule has 1 N–H and O–H groups in total. The number of carbonyl (C=O) groups is 1. The van der Waals surface area contributed by atoms with Crippen molar-refractivity contribution in [3.63, 3.8) is 0 Å². The molecule has 1 atom stereocenters. The van der Waals surface area contributed by atoms with Gasteiger partial charge in [0.15, 0.2) is 0 Å². The number of carbonyl (C=O) groups excluding carboxylic acids is 1. The summed E-state index contributed by atoms with van der Waals surface area (Å²) in [6, 6.07) is 8.94. The molecule has 0 saturated carbocycles. The fourth-order valence-corrected chi connectivity index (χ4v) is 4.27. The highest BCUT2D eigenvalue weighted by Gasteiger charge is 2.27. The minimum absolute atomic E-state index is 0.0594. The van der Waals surface area contributed by atoms with Gasteiger partial charge in [-0.1, -0.05) is 40.9 Å². The molecule has 4 rings (SSSR count). The molecule has 1 fully saturated rings. The fraction of sp³-hybridized carbons (Fsp3) is 0.273. The maximum atomic E-state index is 12.8. The summed E-state index contributed by atoms with van der Waals surface area (Å²) in [5.74, 6) is 0.327. The van der Waals surface area contributed by atoms with Crippen LogP contribution in [0.1, 0.15) is 18.4 Å². The van der Waals surface area contributed by atoms with E-state index in [2.05, 4.69) is 20.3 Å². The SMILES string of the molecule is Cc1cccnc1NC(=O)C1CCCN(c2ccc(-n3ncc(Cl)c(Cl)c3=O)cc2Cl)C1. The number of piperidine rings is 1. The van der Waals surface area contributed by atoms with Crippen LogP contribution in [0.15, 0.2) is 47.5 Å². The first-order chi connectivity index (χ1) is 15.3. The third kappa shape index (κ3) is 4.60. The molecule has 0 bridgehead atoms. The van der Waals surface area contributed by atoms with Crippen molar-refractivity contribution >= 4 is 52.2 Å². The topological polar surface area (TPSA) is 80.1 Å². The summed E-state index contributed by atoms with van der Waals surface area (Å²) < 4.78 is 1.14. The van der Waals surface area contributed by atoms with Crippen LogP contribution in [-0.4, -0.2) is 33.8 Å². The van der Waals surface area contributed by atoms with Crippen molar-refractivity contribution in [1.29, 1.82) is 0 Å². The van der Waals surface area contributed by atoms with E-state index in [-0.39, 0.29) is 21.9 Å². The summed E-state index contributed by atoms with van der Waals surface area (Å²) >= 11 is 18.4. The van der Waals surface area contributed by atoms with Gasteiger partial charge in [-0.25, -0.2) is 4.98 Å². The van der Waals surface area contributed by atoms with Crippen LogP contribution in [-0.2, 0) is 4.79 Å². The van der Waals surface area contributed by atoms with Crippen LogP contribution in [0, 0.1) is 12.8 Å². The Morgan fingerprint density at radius 3 is 2.75 bits per heavy atom. The average Bonchev–Trinajstić information content (AvgIpc) is 2.79. The van der Waals surface area contributed by atoms with E-state index in [1.54, 1.807) is 18.3 Å². The van der Waals surface area contributed by atoms with Gasteiger partial charge in [-0.3, -0.25) is 9.59 Å². The highest BCUT2D eigenvalue weighted by Crippen LogP contribution is 2.32. The van der Waals surface area contributed by atoms with Gasteiger partial charge in [0.05, 0.1) is 33.5 Å². The van der Waals surface area contributed by atoms with E-state index < -0.39 is 5.56 Å². The van der Waals surface area contributed by atoms with Gasteiger partial charge in [-0.15, -0.1) is 0 Å². The van der Waals surface area contributed by atoms with Crippen LogP contribution < -0.4 is 15.8 Å². The Morgan fingerprint density at radius 1 is 1.19 bits per heavy atom. The van der Waals surface area contributed by atoms with E-state index in [4.69, 9.17) is 34.8 Å². The van der Waals surface area contributed by atoms with Gasteiger partial charge >= 0.3 is 0 Å². The number of pyridine rings is 1. The van der Waals surface area contributed by atoms with Crippen molar-refractivity contribution in [3.8, 4) is 5.69 Å². The van der Waals surface area contributed by atoms with Gasteiger partial charge in [-0.2, -0.15) is 9.78 Å². The van der Waals surface area contributed by atoms with Crippen molar-refractivity contribution in [1.82, 2.24) is 14.8 Å². The standard InChI is InChI=1S/C22H20Cl3N5O2/c1-13-4-2-8-26-20(13)28-21(31)14-5-3-9-29(12-14)18-7-6-15(10-16(18)23)30-22(32)19(25)17(24)11-27-30/h2,4,6-8,10-11,14H,3,5,9,12H2,1H3,(H,26,28,31). The molecule has 1 saturated heterocycles. The molecule has 1 aromatic carbocycles. The van der Waals surface area contributed by atoms with Gasteiger partial charge in [0.25, 0.3) is 5.56 Å². The largest absolute Gasteiger partial charge is 0.370 e. The molecule has 0 spiro atoms. The summed E-state index contributed by atoms with van der Waals surface area (Å²) in [6.45, 7) is 3.21. The Kier molecular flexibility index (Phi) is 6.69. The van der Waals surface area contributed by atoms with Crippen LogP contribution in [0.25, 0.3) is 5.69 Å². The molecule has 3 heterocycles. The summed E-state index contributed by atoms with van der Waals surface area (Å²) in [5.41, 5.74) is 1.65. The number of aryl methyl sites for hydroxylation is 1. The lowest BCUT2D eigenvalue weighted by Gasteiger charge is -2.34. The molecular formula is C22H20Cl3N5O2. The summed E-state index contributed by atoms with van der Waals surface area (Å²) in [6.07, 6.45) is 4.60. The zero-order valence-corrected chi connectivity index (χ0v) is 19.5. The van der Waals surface area contributed by atoms with Gasteiger partial charge in [-0.05, 0) is 49.6 Å². The van der Waals surface area contributed by atoms with E-state index in [1.807, 2.05) is 25.1 Å². The van der Waals surface area contributed by atoms with Gasteiger partial charge in [0.1, 0.15) is 10.8 Å². The molecule has 0 aliphatic carbocycles. The Balaban J connectivity index is 1.52. The lowest BCUT2D eigenvalue weighted by molar-refractivity contribution is -0.120. The molecule has 7 nitrogen and oxygen atoms in total. The molecule has 1 aliphatic heterocycles. The molecule has 32 heavy (non-hydrogen) atoms. The quantitative estimate of drug-likeness (QED) is 0.568. The maximum absolute atomic E-state index is 12.8. The van der Waals surface area contributed by atoms with Gasteiger partial charge < -0.3 is 10.2 Å². The monoisotopic (exact) mass is 491 g/mol. The molecule has 10 heteroatoms. The van der Waals surface area contributed by atoms with E-state index in [0.29, 0.717) is 23.1 Å². The van der Waals surface area contributed by atoms with Crippen LogP contribution in [0.5, 0.6) is 0 Å². The number of benzene rings is 1. The molecule has 1 aliphatic rings. The first-order valence-corrected chi connectivity index (χ1v) is 11.2. The second kappa shape index (κ2) is 9.48. The number of hydrogen-bond donors (Lipinski definition) is 1. The molecule has 1 unspecified atom stereocenters. The van der Waals surface area contributed by atoms with E-state index >= 15 is 0 Å². The maximum Gasteiger partial charge on any atom is 0.291 e. The highest BCUT2D eigenvalue weighted by molar-refractivity contribution is 6.41. The normalized spacial score (nSPS) is 16.1. The predicted molar refractivity (Wildman–Crippen MR) is 127 cm³/mol. The number of rotatable bonds is 4. The second-order valence-electron chi connectivity index (χ2n) is 7.60. The first-order valence-electron chi connectivity index (χ1n) is 10.1. The summed E-state index contributed by atoms with van der Waals surface area (Å²) in [4.78, 5) is 31.5. The highest BCUT2D eigenvalue weighted by atomic mass is 35.5. The van der Waals surface area contributed by atoms with Crippen molar-refractivity contribution in [2.75, 3.05) is 23.3 Å². The van der Waals surface area contributed by atoms with Crippen molar-refractivity contribution in [2.45, 2.75) is 19.8 Å². The molecular weight excluding hydrogens is 473 g/mol. The number of nitrogens with one attached hydrogen (secondary N) is 1. The Bertz CT molecular complexity index is 1230. The number of anilines is 2. The second-order valence-corrected chi connectivity index (χ2v) is 8.79. The summed E-state index contributed by atoms with van der Waals surface area (Å²) in [5, 5.41) is 7.40. The van der Waals surface area contributed by atoms with E-state index in [9.17, 15) is 9.59 Å². The Morgan fingerprint density at radius 2 is 2.00 bits per heavy atom. The van der Waals surface area contributed by atoms with Gasteiger partial charge in [0, 0.05) is 19.3 Å². The molecule has 2 aromatic heterocycles. The van der Waals surface area contributed by atoms with Crippen LogP contribution in [0.2, 0.25) is 15.1 Å². The fourth-order valence-electron chi connectivity index (χ4n) is 3.73. The van der Waals surface area contributed by atoms with E-state index in [1.165, 1.54) is 6.20 Å². The van der Waals surface area contributed by atoms with Crippen molar-refractivity contribution in [2.24, 2.45) is 5.92 Å².